The molecular formula is C10H20N4O3S. The Bertz CT molecular complexity index is 507. The van der Waals surface area contributed by atoms with Crippen LogP contribution in [0.25, 0.3) is 0 Å². The number of hydrogen-bond donors (Lipinski definition) is 3. The number of aryl methyl sites for hydroxylation is 1. The fraction of sp³-hybridized carbons (Fsp3) is 0.700. The molecule has 1 aromatic heterocycles. The molecule has 0 saturated heterocycles. The molecule has 1 aromatic rings. The number of anilines is 1. The number of sulfonamides is 1. The van der Waals surface area contributed by atoms with Crippen LogP contribution in [0.1, 0.15) is 27.2 Å². The maximum absolute atomic E-state index is 12.0. The summed E-state index contributed by atoms with van der Waals surface area (Å²) in [5.41, 5.74) is 4.48. The highest BCUT2D eigenvalue weighted by atomic mass is 32.2. The van der Waals surface area contributed by atoms with Crippen LogP contribution in [-0.4, -0.2) is 35.5 Å². The van der Waals surface area contributed by atoms with Gasteiger partial charge in [-0.05, 0) is 20.3 Å². The number of nitrogens with zero attached hydrogens (tertiary/aromatic N) is 2. The zero-order valence-corrected chi connectivity index (χ0v) is 11.7. The molecule has 0 aliphatic heterocycles. The SMILES string of the molecule is CCn1cc(S(=O)(=O)NCC(C)(O)CC)c(N)n1. The summed E-state index contributed by atoms with van der Waals surface area (Å²) in [5, 5.41) is 13.6. The van der Waals surface area contributed by atoms with E-state index in [1.807, 2.05) is 6.92 Å². The van der Waals surface area contributed by atoms with E-state index < -0.39 is 15.6 Å². The summed E-state index contributed by atoms with van der Waals surface area (Å²) in [6, 6.07) is 0. The van der Waals surface area contributed by atoms with E-state index >= 15 is 0 Å². The lowest BCUT2D eigenvalue weighted by Gasteiger charge is -2.21. The summed E-state index contributed by atoms with van der Waals surface area (Å²) in [5.74, 6) is -0.0412. The van der Waals surface area contributed by atoms with Gasteiger partial charge >= 0.3 is 0 Å². The molecule has 0 aromatic carbocycles. The van der Waals surface area contributed by atoms with Crippen molar-refractivity contribution < 1.29 is 13.5 Å². The third-order valence-corrected chi connectivity index (χ3v) is 4.19. The standard InChI is InChI=1S/C10H20N4O3S/c1-4-10(3,15)7-12-18(16,17)8-6-14(5-2)13-9(8)11/h6,12,15H,4-5,7H2,1-3H3,(H2,11,13). The second-order valence-corrected chi connectivity index (χ2v) is 6.14. The Labute approximate surface area is 107 Å². The maximum atomic E-state index is 12.0. The summed E-state index contributed by atoms with van der Waals surface area (Å²) in [4.78, 5) is -0.0590. The summed E-state index contributed by atoms with van der Waals surface area (Å²) >= 11 is 0. The highest BCUT2D eigenvalue weighted by molar-refractivity contribution is 7.89. The first-order valence-electron chi connectivity index (χ1n) is 5.77. The third-order valence-electron chi connectivity index (χ3n) is 2.77. The molecule has 0 aliphatic rings. The molecule has 0 amide bonds. The topological polar surface area (TPSA) is 110 Å². The molecule has 1 rings (SSSR count). The van der Waals surface area contributed by atoms with Crippen molar-refractivity contribution in [3.8, 4) is 0 Å². The van der Waals surface area contributed by atoms with Gasteiger partial charge in [-0.1, -0.05) is 6.92 Å². The smallest absolute Gasteiger partial charge is 0.245 e. The molecule has 0 fully saturated rings. The molecule has 0 bridgehead atoms. The maximum Gasteiger partial charge on any atom is 0.245 e. The van der Waals surface area contributed by atoms with Gasteiger partial charge in [0.2, 0.25) is 10.0 Å². The Kier molecular flexibility index (Phi) is 4.36. The lowest BCUT2D eigenvalue weighted by molar-refractivity contribution is 0.0613. The number of aromatic nitrogens is 2. The van der Waals surface area contributed by atoms with Crippen molar-refractivity contribution in [2.45, 2.75) is 44.2 Å². The number of nitrogen functional groups attached to an aromatic ring is 1. The predicted molar refractivity (Wildman–Crippen MR) is 68.4 cm³/mol. The average molecular weight is 276 g/mol. The molecule has 18 heavy (non-hydrogen) atoms. The normalized spacial score (nSPS) is 15.6. The van der Waals surface area contributed by atoms with Crippen LogP contribution >= 0.6 is 0 Å². The molecule has 1 heterocycles. The van der Waals surface area contributed by atoms with Gasteiger partial charge in [0.05, 0.1) is 5.60 Å². The number of hydrogen-bond acceptors (Lipinski definition) is 5. The molecule has 1 atom stereocenters. The van der Waals surface area contributed by atoms with Gasteiger partial charge in [0.25, 0.3) is 0 Å². The molecule has 8 heteroatoms. The van der Waals surface area contributed by atoms with Crippen LogP contribution in [0.5, 0.6) is 0 Å². The summed E-state index contributed by atoms with van der Waals surface area (Å²) < 4.78 is 27.8. The van der Waals surface area contributed by atoms with Gasteiger partial charge in [-0.15, -0.1) is 0 Å². The molecule has 0 saturated carbocycles. The predicted octanol–water partition coefficient (Wildman–Crippen LogP) is -0.0755. The zero-order chi connectivity index (χ0) is 14.0. The molecule has 0 radical (unpaired) electrons. The van der Waals surface area contributed by atoms with Crippen LogP contribution in [-0.2, 0) is 16.6 Å². The highest BCUT2D eigenvalue weighted by Gasteiger charge is 2.25. The molecule has 7 nitrogen and oxygen atoms in total. The van der Waals surface area contributed by atoms with Crippen LogP contribution in [0.2, 0.25) is 0 Å². The number of aliphatic hydroxyl groups is 1. The van der Waals surface area contributed by atoms with E-state index in [2.05, 4.69) is 9.82 Å². The lowest BCUT2D eigenvalue weighted by atomic mass is 10.1. The minimum absolute atomic E-state index is 0.0412. The Balaban J connectivity index is 2.90. The van der Waals surface area contributed by atoms with Crippen LogP contribution in [0.3, 0.4) is 0 Å². The number of nitrogens with two attached hydrogens (primary N) is 1. The third kappa shape index (κ3) is 3.44. The van der Waals surface area contributed by atoms with Crippen molar-refractivity contribution in [1.82, 2.24) is 14.5 Å². The lowest BCUT2D eigenvalue weighted by Crippen LogP contribution is -2.40. The molecule has 0 spiro atoms. The van der Waals surface area contributed by atoms with E-state index in [0.717, 1.165) is 0 Å². The van der Waals surface area contributed by atoms with Crippen LogP contribution < -0.4 is 10.5 Å². The molecular weight excluding hydrogens is 256 g/mol. The van der Waals surface area contributed by atoms with E-state index in [1.165, 1.54) is 10.9 Å². The van der Waals surface area contributed by atoms with Crippen molar-refractivity contribution in [1.29, 1.82) is 0 Å². The number of nitrogens with one attached hydrogen (secondary N) is 1. The fourth-order valence-electron chi connectivity index (χ4n) is 1.24. The fourth-order valence-corrected chi connectivity index (χ4v) is 2.47. The van der Waals surface area contributed by atoms with Gasteiger partial charge in [0, 0.05) is 19.3 Å². The zero-order valence-electron chi connectivity index (χ0n) is 10.8. The second-order valence-electron chi connectivity index (χ2n) is 4.41. The first-order chi connectivity index (χ1) is 8.22. The van der Waals surface area contributed by atoms with Gasteiger partial charge in [0.15, 0.2) is 5.82 Å². The van der Waals surface area contributed by atoms with Crippen LogP contribution in [0.4, 0.5) is 5.82 Å². The van der Waals surface area contributed by atoms with E-state index in [9.17, 15) is 13.5 Å². The minimum atomic E-state index is -3.74. The summed E-state index contributed by atoms with van der Waals surface area (Å²) in [7, 11) is -3.74. The van der Waals surface area contributed by atoms with E-state index in [1.54, 1.807) is 13.8 Å². The van der Waals surface area contributed by atoms with Gasteiger partial charge in [-0.2, -0.15) is 5.10 Å². The van der Waals surface area contributed by atoms with E-state index in [4.69, 9.17) is 5.73 Å². The quantitative estimate of drug-likeness (QED) is 0.673. The monoisotopic (exact) mass is 276 g/mol. The molecule has 1 unspecified atom stereocenters. The van der Waals surface area contributed by atoms with Crippen molar-refractivity contribution in [3.05, 3.63) is 6.20 Å². The van der Waals surface area contributed by atoms with Crippen LogP contribution in [0, 0.1) is 0 Å². The van der Waals surface area contributed by atoms with Crippen molar-refractivity contribution in [2.75, 3.05) is 12.3 Å². The first kappa shape index (κ1) is 14.9. The van der Waals surface area contributed by atoms with E-state index in [-0.39, 0.29) is 17.3 Å². The van der Waals surface area contributed by atoms with Gasteiger partial charge < -0.3 is 10.8 Å². The summed E-state index contributed by atoms with van der Waals surface area (Å²) in [6.07, 6.45) is 1.82. The Morgan fingerprint density at radius 2 is 2.17 bits per heavy atom. The first-order valence-corrected chi connectivity index (χ1v) is 7.25. The van der Waals surface area contributed by atoms with Crippen molar-refractivity contribution >= 4 is 15.8 Å². The van der Waals surface area contributed by atoms with Crippen molar-refractivity contribution in [2.24, 2.45) is 0 Å². The Hall–Kier alpha value is -1.12. The van der Waals surface area contributed by atoms with Crippen molar-refractivity contribution in [3.63, 3.8) is 0 Å². The minimum Gasteiger partial charge on any atom is -0.389 e. The van der Waals surface area contributed by atoms with Gasteiger partial charge in [-0.3, -0.25) is 4.68 Å². The highest BCUT2D eigenvalue weighted by Crippen LogP contribution is 2.17. The Morgan fingerprint density at radius 1 is 1.56 bits per heavy atom. The molecule has 4 N–H and O–H groups in total. The molecule has 0 aliphatic carbocycles. The Morgan fingerprint density at radius 3 is 2.61 bits per heavy atom. The summed E-state index contributed by atoms with van der Waals surface area (Å²) in [6.45, 7) is 5.64. The van der Waals surface area contributed by atoms with Crippen LogP contribution in [0.15, 0.2) is 11.1 Å². The average Bonchev–Trinajstić information content (AvgIpc) is 2.69. The van der Waals surface area contributed by atoms with Gasteiger partial charge in [-0.25, -0.2) is 13.1 Å². The van der Waals surface area contributed by atoms with Gasteiger partial charge in [0.1, 0.15) is 4.90 Å². The molecule has 104 valence electrons. The number of rotatable bonds is 6. The second kappa shape index (κ2) is 5.25. The van der Waals surface area contributed by atoms with E-state index in [0.29, 0.717) is 13.0 Å². The largest absolute Gasteiger partial charge is 0.389 e.